The summed E-state index contributed by atoms with van der Waals surface area (Å²) < 4.78 is 2.03. The molecule has 0 bridgehead atoms. The Labute approximate surface area is 170 Å². The minimum absolute atomic E-state index is 0.159. The quantitative estimate of drug-likeness (QED) is 0.639. The first-order valence-electron chi connectivity index (χ1n) is 9.95. The van der Waals surface area contributed by atoms with Crippen molar-refractivity contribution in [3.8, 4) is 10.7 Å². The molecule has 0 radical (unpaired) electrons. The highest BCUT2D eigenvalue weighted by Crippen LogP contribution is 2.38. The predicted octanol–water partition coefficient (Wildman–Crippen LogP) is 4.41. The minimum atomic E-state index is -0.164. The molecule has 27 heavy (non-hydrogen) atoms. The molecule has 0 saturated carbocycles. The molecule has 1 aliphatic rings. The van der Waals surface area contributed by atoms with Gasteiger partial charge in [0.25, 0.3) is 0 Å². The van der Waals surface area contributed by atoms with E-state index in [1.807, 2.05) is 48.6 Å². The number of hydrogen-bond acceptors (Lipinski definition) is 5. The summed E-state index contributed by atoms with van der Waals surface area (Å²) in [6.45, 7) is 9.75. The molecule has 7 heteroatoms. The van der Waals surface area contributed by atoms with Gasteiger partial charge in [-0.2, -0.15) is 0 Å². The molecule has 0 fully saturated rings. The molecule has 2 atom stereocenters. The van der Waals surface area contributed by atoms with Gasteiger partial charge in [0.2, 0.25) is 5.91 Å². The molecule has 0 N–H and O–H groups in total. The number of aryl methyl sites for hydroxylation is 1. The van der Waals surface area contributed by atoms with Gasteiger partial charge in [0.15, 0.2) is 11.0 Å². The average Bonchev–Trinajstić information content (AvgIpc) is 3.25. The molecule has 5 nitrogen and oxygen atoms in total. The highest BCUT2D eigenvalue weighted by molar-refractivity contribution is 8.00. The molecule has 2 unspecified atom stereocenters. The van der Waals surface area contributed by atoms with Crippen LogP contribution >= 0.6 is 23.1 Å². The number of amides is 1. The molecule has 2 heterocycles. The van der Waals surface area contributed by atoms with Gasteiger partial charge in [0.05, 0.1) is 10.1 Å². The lowest BCUT2D eigenvalue weighted by Crippen LogP contribution is -2.36. The van der Waals surface area contributed by atoms with Crippen LogP contribution in [0, 0.1) is 5.92 Å². The van der Waals surface area contributed by atoms with Crippen molar-refractivity contribution in [1.82, 2.24) is 19.7 Å². The Morgan fingerprint density at radius 1 is 1.37 bits per heavy atom. The van der Waals surface area contributed by atoms with Crippen LogP contribution in [0.2, 0.25) is 0 Å². The molecule has 2 aromatic heterocycles. The number of hydrogen-bond donors (Lipinski definition) is 0. The average molecular weight is 407 g/mol. The maximum atomic E-state index is 12.5. The van der Waals surface area contributed by atoms with Gasteiger partial charge in [-0.1, -0.05) is 25.1 Å². The van der Waals surface area contributed by atoms with Crippen molar-refractivity contribution < 1.29 is 4.79 Å². The summed E-state index contributed by atoms with van der Waals surface area (Å²) in [5, 5.41) is 9.46. The normalized spacial score (nSPS) is 17.6. The van der Waals surface area contributed by atoms with E-state index in [2.05, 4.69) is 23.2 Å². The fraction of sp³-hybridized carbons (Fsp3) is 0.650. The van der Waals surface area contributed by atoms with E-state index in [0.717, 1.165) is 30.0 Å². The summed E-state index contributed by atoms with van der Waals surface area (Å²) in [7, 11) is 2.00. The van der Waals surface area contributed by atoms with Crippen LogP contribution in [0.15, 0.2) is 11.2 Å². The van der Waals surface area contributed by atoms with Gasteiger partial charge in [-0.15, -0.1) is 21.5 Å². The third-order valence-corrected chi connectivity index (χ3v) is 7.88. The van der Waals surface area contributed by atoms with Gasteiger partial charge >= 0.3 is 0 Å². The summed E-state index contributed by atoms with van der Waals surface area (Å²) >= 11 is 3.35. The minimum Gasteiger partial charge on any atom is -0.342 e. The van der Waals surface area contributed by atoms with Gasteiger partial charge in [0, 0.05) is 25.0 Å². The van der Waals surface area contributed by atoms with Gasteiger partial charge in [-0.05, 0) is 57.6 Å². The van der Waals surface area contributed by atoms with Gasteiger partial charge in [-0.25, -0.2) is 0 Å². The van der Waals surface area contributed by atoms with Crippen LogP contribution < -0.4 is 0 Å². The molecular formula is C20H30N4OS2. The van der Waals surface area contributed by atoms with E-state index in [-0.39, 0.29) is 11.2 Å². The topological polar surface area (TPSA) is 51.0 Å². The predicted molar refractivity (Wildman–Crippen MR) is 113 cm³/mol. The molecular weight excluding hydrogens is 376 g/mol. The number of nitrogens with zero attached hydrogens (tertiary/aromatic N) is 4. The molecule has 2 aromatic rings. The summed E-state index contributed by atoms with van der Waals surface area (Å²) in [6.07, 6.45) is 4.94. The maximum absolute atomic E-state index is 12.5. The standard InChI is InChI=1S/C20H30N4OS2/c1-6-14-9-10-16-15(11-14)12-17(27-16)18-21-22-20(23(18)5)26-13(4)19(25)24(7-2)8-3/h12-14H,6-11H2,1-5H3. The lowest BCUT2D eigenvalue weighted by molar-refractivity contribution is -0.129. The van der Waals surface area contributed by atoms with Gasteiger partial charge in [0.1, 0.15) is 0 Å². The van der Waals surface area contributed by atoms with Crippen molar-refractivity contribution in [1.29, 1.82) is 0 Å². The number of carbonyl (C=O) groups is 1. The third-order valence-electron chi connectivity index (χ3n) is 5.52. The first kappa shape index (κ1) is 20.4. The molecule has 3 rings (SSSR count). The fourth-order valence-corrected chi connectivity index (χ4v) is 5.82. The number of aromatic nitrogens is 3. The van der Waals surface area contributed by atoms with E-state index >= 15 is 0 Å². The van der Waals surface area contributed by atoms with Crippen LogP contribution in [-0.2, 0) is 24.7 Å². The molecule has 0 aromatic carbocycles. The molecule has 1 aliphatic carbocycles. The zero-order valence-corrected chi connectivity index (χ0v) is 18.6. The zero-order chi connectivity index (χ0) is 19.6. The van der Waals surface area contributed by atoms with E-state index in [4.69, 9.17) is 0 Å². The van der Waals surface area contributed by atoms with E-state index in [9.17, 15) is 4.79 Å². The maximum Gasteiger partial charge on any atom is 0.235 e. The second kappa shape index (κ2) is 8.78. The highest BCUT2D eigenvalue weighted by atomic mass is 32.2. The van der Waals surface area contributed by atoms with Crippen molar-refractivity contribution in [2.45, 2.75) is 63.8 Å². The summed E-state index contributed by atoms with van der Waals surface area (Å²) in [5.41, 5.74) is 1.50. The first-order valence-corrected chi connectivity index (χ1v) is 11.6. The smallest absolute Gasteiger partial charge is 0.235 e. The second-order valence-corrected chi connectivity index (χ2v) is 9.66. The Morgan fingerprint density at radius 2 is 2.11 bits per heavy atom. The van der Waals surface area contributed by atoms with Crippen LogP contribution in [0.4, 0.5) is 0 Å². The van der Waals surface area contributed by atoms with E-state index < -0.39 is 0 Å². The summed E-state index contributed by atoms with van der Waals surface area (Å²) in [5.74, 6) is 1.89. The van der Waals surface area contributed by atoms with Gasteiger partial charge in [-0.3, -0.25) is 4.79 Å². The summed E-state index contributed by atoms with van der Waals surface area (Å²) in [4.78, 5) is 17.1. The molecule has 148 valence electrons. The lowest BCUT2D eigenvalue weighted by atomic mass is 9.87. The van der Waals surface area contributed by atoms with Crippen molar-refractivity contribution in [3.05, 3.63) is 16.5 Å². The Hall–Kier alpha value is -1.34. The Bertz CT molecular complexity index is 794. The first-order chi connectivity index (χ1) is 13.0. The fourth-order valence-electron chi connectivity index (χ4n) is 3.69. The highest BCUT2D eigenvalue weighted by Gasteiger charge is 2.25. The van der Waals surface area contributed by atoms with Crippen molar-refractivity contribution >= 4 is 29.0 Å². The van der Waals surface area contributed by atoms with Crippen LogP contribution in [0.3, 0.4) is 0 Å². The lowest BCUT2D eigenvalue weighted by Gasteiger charge is -2.22. The van der Waals surface area contributed by atoms with Crippen molar-refractivity contribution in [2.75, 3.05) is 13.1 Å². The molecule has 0 spiro atoms. The number of carbonyl (C=O) groups excluding carboxylic acids is 1. The molecule has 0 saturated heterocycles. The van der Waals surface area contributed by atoms with Gasteiger partial charge < -0.3 is 9.47 Å². The second-order valence-electron chi connectivity index (χ2n) is 7.21. The largest absolute Gasteiger partial charge is 0.342 e. The van der Waals surface area contributed by atoms with E-state index in [1.165, 1.54) is 52.8 Å². The Kier molecular flexibility index (Phi) is 6.63. The van der Waals surface area contributed by atoms with Crippen LogP contribution in [-0.4, -0.2) is 43.9 Å². The SMILES string of the molecule is CCC1CCc2sc(-c3nnc(SC(C)C(=O)N(CC)CC)n3C)cc2C1. The molecule has 0 aliphatic heterocycles. The molecule has 1 amide bonds. The van der Waals surface area contributed by atoms with Crippen molar-refractivity contribution in [2.24, 2.45) is 13.0 Å². The number of thioether (sulfide) groups is 1. The number of fused-ring (bicyclic) bond motifs is 1. The third kappa shape index (κ3) is 4.24. The zero-order valence-electron chi connectivity index (χ0n) is 17.0. The Balaban J connectivity index is 1.76. The number of rotatable bonds is 7. The monoisotopic (exact) mass is 406 g/mol. The number of thiophene rings is 1. The summed E-state index contributed by atoms with van der Waals surface area (Å²) in [6, 6.07) is 2.31. The van der Waals surface area contributed by atoms with E-state index in [1.54, 1.807) is 0 Å². The van der Waals surface area contributed by atoms with E-state index in [0.29, 0.717) is 0 Å². The van der Waals surface area contributed by atoms with Crippen LogP contribution in [0.1, 0.15) is 51.0 Å². The van der Waals surface area contributed by atoms with Crippen LogP contribution in [0.25, 0.3) is 10.7 Å². The Morgan fingerprint density at radius 3 is 2.78 bits per heavy atom. The van der Waals surface area contributed by atoms with Crippen LogP contribution in [0.5, 0.6) is 0 Å². The van der Waals surface area contributed by atoms with Crippen molar-refractivity contribution in [3.63, 3.8) is 0 Å².